The van der Waals surface area contributed by atoms with Crippen LogP contribution in [-0.2, 0) is 14.3 Å². The van der Waals surface area contributed by atoms with Gasteiger partial charge in [0.05, 0.1) is 18.6 Å². The number of carbonyl (C=O) groups is 1. The summed E-state index contributed by atoms with van der Waals surface area (Å²) >= 11 is 0. The number of fused-ring (bicyclic) bond motifs is 2. The number of rotatable bonds is 4. The van der Waals surface area contributed by atoms with Gasteiger partial charge in [-0.15, -0.1) is 0 Å². The lowest BCUT2D eigenvalue weighted by atomic mass is 9.55. The molecule has 2 saturated carbocycles. The zero-order valence-electron chi connectivity index (χ0n) is 16.9. The SMILES string of the molecule is C=C1CCCC2(C)CC3OC(=O)C(CNC4C(O)OC(CO)C(O)C4O)C3CC12. The molecular formula is C21H33NO7. The van der Waals surface area contributed by atoms with Gasteiger partial charge in [0.1, 0.15) is 24.4 Å². The molecule has 10 atom stereocenters. The average Bonchev–Trinajstić information content (AvgIpc) is 2.96. The van der Waals surface area contributed by atoms with Crippen LogP contribution in [0.15, 0.2) is 12.2 Å². The van der Waals surface area contributed by atoms with Crippen molar-refractivity contribution in [2.45, 2.75) is 75.8 Å². The van der Waals surface area contributed by atoms with Crippen LogP contribution in [0.2, 0.25) is 0 Å². The number of allylic oxidation sites excluding steroid dienone is 1. The minimum atomic E-state index is -1.40. The van der Waals surface area contributed by atoms with Crippen molar-refractivity contribution in [2.75, 3.05) is 13.2 Å². The van der Waals surface area contributed by atoms with Crippen molar-refractivity contribution < 1.29 is 34.7 Å². The van der Waals surface area contributed by atoms with Crippen LogP contribution >= 0.6 is 0 Å². The zero-order valence-corrected chi connectivity index (χ0v) is 16.9. The van der Waals surface area contributed by atoms with Crippen LogP contribution in [0.5, 0.6) is 0 Å². The first-order valence-electron chi connectivity index (χ1n) is 10.7. The largest absolute Gasteiger partial charge is 0.462 e. The van der Waals surface area contributed by atoms with E-state index in [0.717, 1.165) is 32.1 Å². The van der Waals surface area contributed by atoms with E-state index in [2.05, 4.69) is 18.8 Å². The minimum Gasteiger partial charge on any atom is -0.462 e. The van der Waals surface area contributed by atoms with Gasteiger partial charge >= 0.3 is 5.97 Å². The van der Waals surface area contributed by atoms with E-state index in [4.69, 9.17) is 9.47 Å². The van der Waals surface area contributed by atoms with E-state index in [1.165, 1.54) is 5.57 Å². The molecule has 0 aromatic carbocycles. The first-order chi connectivity index (χ1) is 13.7. The van der Waals surface area contributed by atoms with Crippen LogP contribution in [0.1, 0.15) is 39.0 Å². The Morgan fingerprint density at radius 3 is 2.76 bits per heavy atom. The van der Waals surface area contributed by atoms with E-state index in [-0.39, 0.29) is 35.9 Å². The fourth-order valence-corrected chi connectivity index (χ4v) is 6.07. The lowest BCUT2D eigenvalue weighted by molar-refractivity contribution is -0.254. The van der Waals surface area contributed by atoms with Gasteiger partial charge in [-0.2, -0.15) is 0 Å². The average molecular weight is 411 g/mol. The molecule has 8 nitrogen and oxygen atoms in total. The summed E-state index contributed by atoms with van der Waals surface area (Å²) in [4.78, 5) is 12.6. The quantitative estimate of drug-likeness (QED) is 0.315. The fraction of sp³-hybridized carbons (Fsp3) is 0.857. The molecule has 5 N–H and O–H groups in total. The van der Waals surface area contributed by atoms with Gasteiger partial charge in [-0.1, -0.05) is 19.1 Å². The van der Waals surface area contributed by atoms with E-state index in [1.807, 2.05) is 0 Å². The molecule has 2 heterocycles. The van der Waals surface area contributed by atoms with E-state index in [1.54, 1.807) is 0 Å². The highest BCUT2D eigenvalue weighted by atomic mass is 16.6. The Labute approximate surface area is 170 Å². The molecule has 8 heteroatoms. The van der Waals surface area contributed by atoms with Gasteiger partial charge in [-0.3, -0.25) is 4.79 Å². The summed E-state index contributed by atoms with van der Waals surface area (Å²) in [5.74, 6) is -0.186. The number of hydrogen-bond donors (Lipinski definition) is 5. The first kappa shape index (κ1) is 21.2. The molecule has 4 fully saturated rings. The Kier molecular flexibility index (Phi) is 5.78. The predicted octanol–water partition coefficient (Wildman–Crippen LogP) is -0.310. The lowest BCUT2D eigenvalue weighted by Gasteiger charge is -2.50. The standard InChI is InChI=1S/C21H33NO7/c1-10-4-3-5-21(2)7-14-11(6-13(10)21)12(19(26)28-14)8-22-16-18(25)17(24)15(9-23)29-20(16)27/h11-18,20,22-25,27H,1,3-9H2,2H3. The Morgan fingerprint density at radius 2 is 2.03 bits per heavy atom. The molecule has 2 aliphatic carbocycles. The van der Waals surface area contributed by atoms with Crippen molar-refractivity contribution in [2.24, 2.45) is 23.2 Å². The van der Waals surface area contributed by atoms with Crippen LogP contribution in [0.3, 0.4) is 0 Å². The van der Waals surface area contributed by atoms with E-state index >= 15 is 0 Å². The highest BCUT2D eigenvalue weighted by Gasteiger charge is 2.55. The molecule has 0 bridgehead atoms. The third kappa shape index (κ3) is 3.64. The van der Waals surface area contributed by atoms with Crippen molar-refractivity contribution in [3.63, 3.8) is 0 Å². The number of ether oxygens (including phenoxy) is 2. The Balaban J connectivity index is 1.43. The second kappa shape index (κ2) is 7.90. The van der Waals surface area contributed by atoms with Crippen molar-refractivity contribution >= 4 is 5.97 Å². The monoisotopic (exact) mass is 411 g/mol. The predicted molar refractivity (Wildman–Crippen MR) is 102 cm³/mol. The maximum absolute atomic E-state index is 12.6. The molecule has 0 aromatic heterocycles. The van der Waals surface area contributed by atoms with Crippen molar-refractivity contribution in [1.29, 1.82) is 0 Å². The highest BCUT2D eigenvalue weighted by molar-refractivity contribution is 5.75. The maximum Gasteiger partial charge on any atom is 0.310 e. The number of carbonyl (C=O) groups excluding carboxylic acids is 1. The van der Waals surface area contributed by atoms with E-state index in [9.17, 15) is 25.2 Å². The first-order valence-corrected chi connectivity index (χ1v) is 10.7. The Morgan fingerprint density at radius 1 is 1.28 bits per heavy atom. The van der Waals surface area contributed by atoms with Crippen molar-refractivity contribution in [1.82, 2.24) is 5.32 Å². The number of aliphatic hydroxyl groups excluding tert-OH is 4. The van der Waals surface area contributed by atoms with Gasteiger partial charge in [-0.05, 0) is 43.4 Å². The van der Waals surface area contributed by atoms with Gasteiger partial charge in [0.25, 0.3) is 0 Å². The Bertz CT molecular complexity index is 657. The fourth-order valence-electron chi connectivity index (χ4n) is 6.07. The molecule has 29 heavy (non-hydrogen) atoms. The molecule has 0 amide bonds. The Hall–Kier alpha value is -1.03. The third-order valence-corrected chi connectivity index (χ3v) is 7.79. The van der Waals surface area contributed by atoms with Gasteiger partial charge in [-0.25, -0.2) is 0 Å². The summed E-state index contributed by atoms with van der Waals surface area (Å²) in [6.45, 7) is 6.28. The van der Waals surface area contributed by atoms with Crippen molar-refractivity contribution in [3.05, 3.63) is 12.2 Å². The maximum atomic E-state index is 12.6. The zero-order chi connectivity index (χ0) is 20.9. The lowest BCUT2D eigenvalue weighted by Crippen LogP contribution is -2.64. The van der Waals surface area contributed by atoms with Crippen LogP contribution in [0.25, 0.3) is 0 Å². The van der Waals surface area contributed by atoms with Gasteiger partial charge in [0.2, 0.25) is 0 Å². The minimum absolute atomic E-state index is 0.0665. The summed E-state index contributed by atoms with van der Waals surface area (Å²) in [6, 6.07) is -0.960. The normalized spacial score (nSPS) is 50.0. The van der Waals surface area contributed by atoms with Crippen LogP contribution in [-0.4, -0.2) is 76.3 Å². The summed E-state index contributed by atoms with van der Waals surface area (Å²) < 4.78 is 10.9. The molecule has 0 radical (unpaired) electrons. The molecule has 4 rings (SSSR count). The van der Waals surface area contributed by atoms with Gasteiger partial charge in [0.15, 0.2) is 6.29 Å². The topological polar surface area (TPSA) is 128 Å². The van der Waals surface area contributed by atoms with Gasteiger partial charge < -0.3 is 35.2 Å². The summed E-state index contributed by atoms with van der Waals surface area (Å²) in [5.41, 5.74) is 1.40. The number of hydrogen-bond acceptors (Lipinski definition) is 8. The van der Waals surface area contributed by atoms with Crippen LogP contribution < -0.4 is 5.32 Å². The summed E-state index contributed by atoms with van der Waals surface area (Å²) in [7, 11) is 0. The number of nitrogens with one attached hydrogen (secondary N) is 1. The van der Waals surface area contributed by atoms with Crippen LogP contribution in [0, 0.1) is 23.2 Å². The van der Waals surface area contributed by atoms with Crippen LogP contribution in [0.4, 0.5) is 0 Å². The number of aliphatic hydroxyl groups is 4. The van der Waals surface area contributed by atoms with E-state index in [0.29, 0.717) is 5.92 Å². The molecule has 10 unspecified atom stereocenters. The highest BCUT2D eigenvalue weighted by Crippen LogP contribution is 2.56. The molecule has 2 saturated heterocycles. The second-order valence-corrected chi connectivity index (χ2v) is 9.57. The second-order valence-electron chi connectivity index (χ2n) is 9.57. The number of esters is 1. The molecule has 2 aliphatic heterocycles. The molecule has 164 valence electrons. The molecule has 0 aromatic rings. The smallest absolute Gasteiger partial charge is 0.310 e. The summed E-state index contributed by atoms with van der Waals surface area (Å²) in [6.07, 6.45) is -0.197. The summed E-state index contributed by atoms with van der Waals surface area (Å²) in [5, 5.41) is 42.7. The molecule has 0 spiro atoms. The third-order valence-electron chi connectivity index (χ3n) is 7.79. The molecular weight excluding hydrogens is 378 g/mol. The van der Waals surface area contributed by atoms with E-state index < -0.39 is 37.3 Å². The van der Waals surface area contributed by atoms with Crippen molar-refractivity contribution in [3.8, 4) is 0 Å². The molecule has 4 aliphatic rings. The van der Waals surface area contributed by atoms with Gasteiger partial charge in [0, 0.05) is 12.5 Å².